The van der Waals surface area contributed by atoms with Crippen LogP contribution in [0.15, 0.2) is 24.3 Å². The van der Waals surface area contributed by atoms with Crippen LogP contribution in [0.25, 0.3) is 0 Å². The second-order valence-corrected chi connectivity index (χ2v) is 4.79. The van der Waals surface area contributed by atoms with E-state index in [4.69, 9.17) is 5.11 Å². The lowest BCUT2D eigenvalue weighted by Crippen LogP contribution is -2.28. The third-order valence-corrected chi connectivity index (χ3v) is 3.61. The average molecular weight is 237 g/mol. The summed E-state index contributed by atoms with van der Waals surface area (Å²) < 4.78 is 0. The summed E-state index contributed by atoms with van der Waals surface area (Å²) in [6.45, 7) is 0. The number of imide groups is 1. The van der Waals surface area contributed by atoms with Gasteiger partial charge < -0.3 is 5.11 Å². The summed E-state index contributed by atoms with van der Waals surface area (Å²) in [5.41, 5.74) is 0.937. The largest absolute Gasteiger partial charge is 0.508 e. The van der Waals surface area contributed by atoms with Crippen molar-refractivity contribution in [2.24, 2.45) is 0 Å². The van der Waals surface area contributed by atoms with Gasteiger partial charge in [0.15, 0.2) is 0 Å². The number of phenols is 1. The van der Waals surface area contributed by atoms with Crippen LogP contribution in [-0.2, 0) is 11.2 Å². The van der Waals surface area contributed by atoms with Crippen molar-refractivity contribution in [3.8, 4) is 5.75 Å². The van der Waals surface area contributed by atoms with Gasteiger partial charge >= 0.3 is 0 Å². The highest BCUT2D eigenvalue weighted by atomic mass is 32.2. The molecule has 0 aromatic heterocycles. The smallest absolute Gasteiger partial charge is 0.288 e. The number of carbonyl (C=O) groups excluding carboxylic acids is 2. The molecule has 1 aromatic carbocycles. The number of thioether (sulfide) groups is 1. The molecule has 1 atom stereocenters. The number of aromatic hydroxyl groups is 1. The van der Waals surface area contributed by atoms with Gasteiger partial charge in [-0.1, -0.05) is 23.9 Å². The predicted octanol–water partition coefficient (Wildman–Crippen LogP) is 1.63. The number of amides is 2. The van der Waals surface area contributed by atoms with E-state index in [0.29, 0.717) is 6.42 Å². The molecule has 1 heterocycles. The van der Waals surface area contributed by atoms with Crippen molar-refractivity contribution >= 4 is 22.9 Å². The van der Waals surface area contributed by atoms with Crippen LogP contribution in [0.2, 0.25) is 0 Å². The van der Waals surface area contributed by atoms with Crippen LogP contribution in [0, 0.1) is 0 Å². The van der Waals surface area contributed by atoms with Gasteiger partial charge in [0, 0.05) is 7.05 Å². The minimum Gasteiger partial charge on any atom is -0.508 e. The molecule has 0 saturated carbocycles. The van der Waals surface area contributed by atoms with Crippen molar-refractivity contribution in [3.05, 3.63) is 29.8 Å². The molecular formula is C11H11NO3S. The number of hydrogen-bond donors (Lipinski definition) is 1. The molecule has 1 unspecified atom stereocenters. The Labute approximate surface area is 97.3 Å². The van der Waals surface area contributed by atoms with Crippen molar-refractivity contribution in [1.29, 1.82) is 0 Å². The minimum absolute atomic E-state index is 0.150. The Hall–Kier alpha value is -1.49. The van der Waals surface area contributed by atoms with Gasteiger partial charge in [-0.25, -0.2) is 0 Å². The Morgan fingerprint density at radius 1 is 1.31 bits per heavy atom. The van der Waals surface area contributed by atoms with Crippen molar-refractivity contribution < 1.29 is 14.7 Å². The molecule has 2 rings (SSSR count). The van der Waals surface area contributed by atoms with Gasteiger partial charge in [0.1, 0.15) is 5.75 Å². The van der Waals surface area contributed by atoms with E-state index in [1.54, 1.807) is 24.3 Å². The Kier molecular flexibility index (Phi) is 2.87. The van der Waals surface area contributed by atoms with Crippen LogP contribution in [0.4, 0.5) is 4.79 Å². The third-order valence-electron chi connectivity index (χ3n) is 2.48. The Morgan fingerprint density at radius 3 is 2.44 bits per heavy atom. The van der Waals surface area contributed by atoms with Crippen molar-refractivity contribution in [3.63, 3.8) is 0 Å². The molecule has 0 radical (unpaired) electrons. The van der Waals surface area contributed by atoms with E-state index in [0.717, 1.165) is 22.2 Å². The second kappa shape index (κ2) is 4.17. The molecule has 1 saturated heterocycles. The first kappa shape index (κ1) is 11.0. The first-order valence-electron chi connectivity index (χ1n) is 4.84. The van der Waals surface area contributed by atoms with E-state index in [-0.39, 0.29) is 22.1 Å². The lowest BCUT2D eigenvalue weighted by molar-refractivity contribution is -0.125. The van der Waals surface area contributed by atoms with E-state index < -0.39 is 0 Å². The summed E-state index contributed by atoms with van der Waals surface area (Å²) in [6.07, 6.45) is 0.514. The average Bonchev–Trinajstić information content (AvgIpc) is 2.50. The van der Waals surface area contributed by atoms with E-state index in [2.05, 4.69) is 0 Å². The molecule has 1 aliphatic heterocycles. The van der Waals surface area contributed by atoms with Crippen LogP contribution < -0.4 is 0 Å². The standard InChI is InChI=1S/C11H11NO3S/c1-12-10(14)9(16-11(12)15)6-7-2-4-8(13)5-3-7/h2-5,9,13H,6H2,1H3. The molecule has 4 nitrogen and oxygen atoms in total. The van der Waals surface area contributed by atoms with Gasteiger partial charge in [0.05, 0.1) is 5.25 Å². The van der Waals surface area contributed by atoms with Crippen molar-refractivity contribution in [1.82, 2.24) is 4.90 Å². The minimum atomic E-state index is -0.331. The summed E-state index contributed by atoms with van der Waals surface area (Å²) in [5.74, 6) is 0.0467. The van der Waals surface area contributed by atoms with E-state index in [1.165, 1.54) is 7.05 Å². The number of hydrogen-bond acceptors (Lipinski definition) is 4. The van der Waals surface area contributed by atoms with Gasteiger partial charge in [-0.15, -0.1) is 0 Å². The lowest BCUT2D eigenvalue weighted by atomic mass is 10.1. The van der Waals surface area contributed by atoms with Crippen molar-refractivity contribution in [2.45, 2.75) is 11.7 Å². The van der Waals surface area contributed by atoms with Gasteiger partial charge in [0.25, 0.3) is 5.24 Å². The maximum Gasteiger partial charge on any atom is 0.288 e. The third kappa shape index (κ3) is 2.04. The molecule has 0 bridgehead atoms. The van der Waals surface area contributed by atoms with Gasteiger partial charge in [-0.2, -0.15) is 0 Å². The SMILES string of the molecule is CN1C(=O)SC(Cc2ccc(O)cc2)C1=O. The number of benzene rings is 1. The Morgan fingerprint density at radius 2 is 1.94 bits per heavy atom. The predicted molar refractivity (Wildman–Crippen MR) is 61.4 cm³/mol. The number of phenolic OH excluding ortho intramolecular Hbond substituents is 1. The van der Waals surface area contributed by atoms with Gasteiger partial charge in [0.2, 0.25) is 5.91 Å². The van der Waals surface area contributed by atoms with Crippen LogP contribution in [0.3, 0.4) is 0 Å². The van der Waals surface area contributed by atoms with E-state index >= 15 is 0 Å². The molecule has 1 aliphatic rings. The summed E-state index contributed by atoms with van der Waals surface area (Å²) in [7, 11) is 1.49. The maximum absolute atomic E-state index is 11.6. The monoisotopic (exact) mass is 237 g/mol. The fourth-order valence-electron chi connectivity index (χ4n) is 1.53. The first-order chi connectivity index (χ1) is 7.58. The van der Waals surface area contributed by atoms with E-state index in [1.807, 2.05) is 0 Å². The van der Waals surface area contributed by atoms with E-state index in [9.17, 15) is 9.59 Å². The van der Waals surface area contributed by atoms with Crippen LogP contribution in [0.5, 0.6) is 5.75 Å². The van der Waals surface area contributed by atoms with Gasteiger partial charge in [-0.05, 0) is 24.1 Å². The van der Waals surface area contributed by atoms with Crippen LogP contribution in [-0.4, -0.2) is 33.5 Å². The highest BCUT2D eigenvalue weighted by molar-refractivity contribution is 8.15. The summed E-state index contributed by atoms with van der Waals surface area (Å²) >= 11 is 1.06. The van der Waals surface area contributed by atoms with Crippen LogP contribution >= 0.6 is 11.8 Å². The highest BCUT2D eigenvalue weighted by Gasteiger charge is 2.36. The number of nitrogens with zero attached hydrogens (tertiary/aromatic N) is 1. The van der Waals surface area contributed by atoms with Gasteiger partial charge in [-0.3, -0.25) is 14.5 Å². The molecule has 1 N–H and O–H groups in total. The molecular weight excluding hydrogens is 226 g/mol. The zero-order valence-corrected chi connectivity index (χ0v) is 9.53. The molecule has 84 valence electrons. The zero-order chi connectivity index (χ0) is 11.7. The Bertz CT molecular complexity index is 429. The lowest BCUT2D eigenvalue weighted by Gasteiger charge is -2.07. The molecule has 0 aliphatic carbocycles. The molecule has 2 amide bonds. The van der Waals surface area contributed by atoms with Crippen LogP contribution in [0.1, 0.15) is 5.56 Å². The fourth-order valence-corrected chi connectivity index (χ4v) is 2.56. The molecule has 1 aromatic rings. The Balaban J connectivity index is 2.09. The van der Waals surface area contributed by atoms with Crippen molar-refractivity contribution in [2.75, 3.05) is 7.05 Å². The zero-order valence-electron chi connectivity index (χ0n) is 8.71. The normalized spacial score (nSPS) is 20.6. The molecule has 0 spiro atoms. The number of rotatable bonds is 2. The molecule has 5 heteroatoms. The molecule has 16 heavy (non-hydrogen) atoms. The summed E-state index contributed by atoms with van der Waals surface area (Å²) in [6, 6.07) is 6.66. The maximum atomic E-state index is 11.6. The molecule has 1 fully saturated rings. The topological polar surface area (TPSA) is 57.6 Å². The summed E-state index contributed by atoms with van der Waals surface area (Å²) in [5, 5.41) is 8.59. The summed E-state index contributed by atoms with van der Waals surface area (Å²) in [4.78, 5) is 24.0. The second-order valence-electron chi connectivity index (χ2n) is 3.64. The fraction of sp³-hybridized carbons (Fsp3) is 0.273. The number of carbonyl (C=O) groups is 2. The highest BCUT2D eigenvalue weighted by Crippen LogP contribution is 2.28. The quantitative estimate of drug-likeness (QED) is 0.849. The first-order valence-corrected chi connectivity index (χ1v) is 5.72.